The second kappa shape index (κ2) is 7.65. The Balaban J connectivity index is 1.67. The van der Waals surface area contributed by atoms with E-state index in [1.807, 2.05) is 60.8 Å². The molecule has 0 aliphatic heterocycles. The highest BCUT2D eigenvalue weighted by molar-refractivity contribution is 9.10. The molecule has 140 valence electrons. The van der Waals surface area contributed by atoms with Gasteiger partial charge in [0, 0.05) is 15.4 Å². The third-order valence-electron chi connectivity index (χ3n) is 4.24. The normalized spacial score (nSPS) is 11.4. The highest BCUT2D eigenvalue weighted by Gasteiger charge is 2.15. The maximum atomic E-state index is 12.8. The summed E-state index contributed by atoms with van der Waals surface area (Å²) in [6.07, 6.45) is 0. The summed E-state index contributed by atoms with van der Waals surface area (Å²) in [5, 5.41) is 14.0. The fourth-order valence-corrected chi connectivity index (χ4v) is 3.75. The number of hydrogen-bond donors (Lipinski definition) is 1. The van der Waals surface area contributed by atoms with Crippen molar-refractivity contribution in [1.82, 2.24) is 14.8 Å². The van der Waals surface area contributed by atoms with Crippen molar-refractivity contribution in [2.75, 3.05) is 0 Å². The van der Waals surface area contributed by atoms with E-state index in [0.29, 0.717) is 10.8 Å². The third kappa shape index (κ3) is 3.61. The smallest absolute Gasteiger partial charge is 0.291 e. The Bertz CT molecular complexity index is 1220. The van der Waals surface area contributed by atoms with Crippen molar-refractivity contribution >= 4 is 38.6 Å². The lowest BCUT2D eigenvalue weighted by molar-refractivity contribution is 0.827. The number of hydrogen-bond acceptors (Lipinski definition) is 5. The first-order valence-electron chi connectivity index (χ1n) is 8.54. The maximum absolute atomic E-state index is 12.8. The quantitative estimate of drug-likeness (QED) is 0.379. The molecule has 0 radical (unpaired) electrons. The van der Waals surface area contributed by atoms with Gasteiger partial charge >= 0.3 is 5.56 Å². The molecule has 2 aromatic heterocycles. The largest absolute Gasteiger partial charge is 0.301 e. The Morgan fingerprint density at radius 1 is 1.07 bits per heavy atom. The van der Waals surface area contributed by atoms with E-state index in [1.165, 1.54) is 16.0 Å². The van der Waals surface area contributed by atoms with Gasteiger partial charge in [0.05, 0.1) is 17.1 Å². The van der Waals surface area contributed by atoms with E-state index in [4.69, 9.17) is 0 Å². The minimum absolute atomic E-state index is 0.272. The van der Waals surface area contributed by atoms with Gasteiger partial charge in [0.15, 0.2) is 5.69 Å². The molecule has 6 nitrogen and oxygen atoms in total. The van der Waals surface area contributed by atoms with Gasteiger partial charge in [0.1, 0.15) is 0 Å². The van der Waals surface area contributed by atoms with Gasteiger partial charge < -0.3 is 0 Å². The molecule has 0 bridgehead atoms. The Kier molecular flexibility index (Phi) is 5.06. The average Bonchev–Trinajstić information content (AvgIpc) is 3.27. The van der Waals surface area contributed by atoms with Crippen LogP contribution in [0, 0.1) is 13.8 Å². The van der Waals surface area contributed by atoms with Crippen molar-refractivity contribution in [2.45, 2.75) is 13.8 Å². The lowest BCUT2D eigenvalue weighted by Gasteiger charge is -1.97. The van der Waals surface area contributed by atoms with Crippen molar-refractivity contribution in [3.63, 3.8) is 0 Å². The number of benzene rings is 2. The molecule has 4 rings (SSSR count). The van der Waals surface area contributed by atoms with Gasteiger partial charge in [-0.1, -0.05) is 46.3 Å². The lowest BCUT2D eigenvalue weighted by atomic mass is 10.2. The second-order valence-corrected chi connectivity index (χ2v) is 7.99. The Morgan fingerprint density at radius 2 is 1.82 bits per heavy atom. The molecule has 0 fully saturated rings. The van der Waals surface area contributed by atoms with Crippen LogP contribution in [0.25, 0.3) is 16.4 Å². The molecule has 0 amide bonds. The molecule has 8 heteroatoms. The summed E-state index contributed by atoms with van der Waals surface area (Å²) in [6, 6.07) is 15.5. The second-order valence-electron chi connectivity index (χ2n) is 6.23. The summed E-state index contributed by atoms with van der Waals surface area (Å²) in [4.78, 5) is 17.4. The fraction of sp³-hybridized carbons (Fsp3) is 0.100. The van der Waals surface area contributed by atoms with E-state index in [0.717, 1.165) is 27.0 Å². The zero-order chi connectivity index (χ0) is 19.7. The molecule has 0 spiro atoms. The van der Waals surface area contributed by atoms with Crippen molar-refractivity contribution in [3.8, 4) is 16.4 Å². The summed E-state index contributed by atoms with van der Waals surface area (Å²) in [6.45, 7) is 3.75. The van der Waals surface area contributed by atoms with Crippen LogP contribution in [-0.2, 0) is 0 Å². The molecule has 0 aliphatic rings. The molecule has 0 aliphatic carbocycles. The molecule has 4 aromatic rings. The van der Waals surface area contributed by atoms with Gasteiger partial charge in [-0.2, -0.15) is 9.80 Å². The van der Waals surface area contributed by atoms with Gasteiger partial charge in [-0.15, -0.1) is 16.5 Å². The Hall–Kier alpha value is -2.84. The molecule has 28 heavy (non-hydrogen) atoms. The van der Waals surface area contributed by atoms with Gasteiger partial charge in [-0.05, 0) is 37.6 Å². The topological polar surface area (TPSA) is 75.4 Å². The molecular weight excluding hydrogens is 438 g/mol. The minimum atomic E-state index is -0.272. The van der Waals surface area contributed by atoms with Crippen LogP contribution in [-0.4, -0.2) is 14.8 Å². The first kappa shape index (κ1) is 18.5. The minimum Gasteiger partial charge on any atom is -0.291 e. The van der Waals surface area contributed by atoms with E-state index in [9.17, 15) is 4.79 Å². The van der Waals surface area contributed by atoms with E-state index >= 15 is 0 Å². The number of aromatic nitrogens is 3. The van der Waals surface area contributed by atoms with E-state index in [-0.39, 0.29) is 11.2 Å². The van der Waals surface area contributed by atoms with Crippen LogP contribution < -0.4 is 5.56 Å². The summed E-state index contributed by atoms with van der Waals surface area (Å²) >= 11 is 4.82. The van der Waals surface area contributed by atoms with Gasteiger partial charge in [-0.3, -0.25) is 9.89 Å². The molecular formula is C20H16BrN5OS. The first-order chi connectivity index (χ1) is 13.5. The van der Waals surface area contributed by atoms with Crippen LogP contribution in [0.4, 0.5) is 11.4 Å². The number of nitrogens with one attached hydrogen (secondary N) is 1. The van der Waals surface area contributed by atoms with Gasteiger partial charge in [-0.25, -0.2) is 4.98 Å². The number of aryl methyl sites for hydroxylation is 2. The van der Waals surface area contributed by atoms with E-state index < -0.39 is 0 Å². The number of aromatic amines is 1. The molecule has 2 aromatic carbocycles. The molecule has 2 heterocycles. The highest BCUT2D eigenvalue weighted by Crippen LogP contribution is 2.26. The monoisotopic (exact) mass is 453 g/mol. The summed E-state index contributed by atoms with van der Waals surface area (Å²) in [5.41, 5.74) is 4.19. The molecule has 0 saturated carbocycles. The molecule has 0 saturated heterocycles. The number of halogens is 1. The van der Waals surface area contributed by atoms with Crippen LogP contribution in [0.3, 0.4) is 0 Å². The average molecular weight is 454 g/mol. The zero-order valence-corrected chi connectivity index (χ0v) is 17.6. The van der Waals surface area contributed by atoms with Crippen LogP contribution >= 0.6 is 27.3 Å². The summed E-state index contributed by atoms with van der Waals surface area (Å²) in [5.74, 6) is 0. The SMILES string of the molecule is Cc1ccccc1N=Nc1c(C)[nH]n(-c2nc(-c3ccc(Br)cc3)cs2)c1=O. The van der Waals surface area contributed by atoms with Crippen LogP contribution in [0.15, 0.2) is 73.4 Å². The summed E-state index contributed by atoms with van der Waals surface area (Å²) < 4.78 is 2.42. The standard InChI is InChI=1S/C20H16BrN5OS/c1-12-5-3-4-6-16(12)23-24-18-13(2)25-26(19(18)27)20-22-17(11-28-20)14-7-9-15(21)10-8-14/h3-11,25H,1-2H3. The van der Waals surface area contributed by atoms with Gasteiger partial charge in [0.2, 0.25) is 5.13 Å². The number of H-pyrrole nitrogens is 1. The number of nitrogens with zero attached hydrogens (tertiary/aromatic N) is 4. The first-order valence-corrected chi connectivity index (χ1v) is 10.2. The number of azo groups is 1. The van der Waals surface area contributed by atoms with E-state index in [2.05, 4.69) is 36.2 Å². The predicted octanol–water partition coefficient (Wildman–Crippen LogP) is 6.08. The van der Waals surface area contributed by atoms with Crippen LogP contribution in [0.5, 0.6) is 0 Å². The van der Waals surface area contributed by atoms with Gasteiger partial charge in [0.25, 0.3) is 0 Å². The van der Waals surface area contributed by atoms with Crippen molar-refractivity contribution in [2.24, 2.45) is 10.2 Å². The molecule has 1 N–H and O–H groups in total. The van der Waals surface area contributed by atoms with Crippen molar-refractivity contribution < 1.29 is 0 Å². The van der Waals surface area contributed by atoms with Crippen molar-refractivity contribution in [1.29, 1.82) is 0 Å². The van der Waals surface area contributed by atoms with Crippen LogP contribution in [0.2, 0.25) is 0 Å². The molecule has 0 atom stereocenters. The fourth-order valence-electron chi connectivity index (χ4n) is 2.69. The van der Waals surface area contributed by atoms with E-state index in [1.54, 1.807) is 6.92 Å². The number of thiazole rings is 1. The highest BCUT2D eigenvalue weighted by atomic mass is 79.9. The molecule has 0 unspecified atom stereocenters. The zero-order valence-electron chi connectivity index (χ0n) is 15.2. The lowest BCUT2D eigenvalue weighted by Crippen LogP contribution is -2.13. The van der Waals surface area contributed by atoms with Crippen molar-refractivity contribution in [3.05, 3.63) is 80.0 Å². The third-order valence-corrected chi connectivity index (χ3v) is 5.59. The Labute approximate surface area is 173 Å². The summed E-state index contributed by atoms with van der Waals surface area (Å²) in [7, 11) is 0. The van der Waals surface area contributed by atoms with Crippen LogP contribution in [0.1, 0.15) is 11.3 Å². The maximum Gasteiger partial charge on any atom is 0.301 e. The predicted molar refractivity (Wildman–Crippen MR) is 115 cm³/mol. The Morgan fingerprint density at radius 3 is 2.57 bits per heavy atom. The number of rotatable bonds is 4.